The molecule has 1 atom stereocenters. The number of benzene rings is 2. The maximum Gasteiger partial charge on any atom is 0.258 e. The summed E-state index contributed by atoms with van der Waals surface area (Å²) in [7, 11) is 3.11. The van der Waals surface area contributed by atoms with E-state index >= 15 is 0 Å². The third kappa shape index (κ3) is 5.27. The number of nitrogens with two attached hydrogens (primary N) is 1. The fraction of sp³-hybridized carbons (Fsp3) is 0.263. The maximum atomic E-state index is 12.3. The summed E-state index contributed by atoms with van der Waals surface area (Å²) in [6.07, 6.45) is 0. The number of carbonyl (C=O) groups is 2. The summed E-state index contributed by atoms with van der Waals surface area (Å²) in [6.45, 7) is 1.52. The fourth-order valence-corrected chi connectivity index (χ4v) is 2.67. The minimum atomic E-state index is -0.692. The van der Waals surface area contributed by atoms with Gasteiger partial charge in [-0.05, 0) is 43.3 Å². The molecule has 2 aromatic rings. The Bertz CT molecular complexity index is 841. The smallest absolute Gasteiger partial charge is 0.258 e. The van der Waals surface area contributed by atoms with Gasteiger partial charge in [0.2, 0.25) is 0 Å². The van der Waals surface area contributed by atoms with Crippen molar-refractivity contribution in [3.05, 3.63) is 52.5 Å². The van der Waals surface area contributed by atoms with E-state index in [4.69, 9.17) is 31.5 Å². The highest BCUT2D eigenvalue weighted by atomic mass is 35.5. The van der Waals surface area contributed by atoms with Gasteiger partial charge in [-0.25, -0.2) is 0 Å². The lowest BCUT2D eigenvalue weighted by Crippen LogP contribution is -2.31. The quantitative estimate of drug-likeness (QED) is 0.719. The van der Waals surface area contributed by atoms with Gasteiger partial charge < -0.3 is 25.3 Å². The maximum absolute atomic E-state index is 12.3. The zero-order valence-electron chi connectivity index (χ0n) is 15.2. The Morgan fingerprint density at radius 3 is 2.44 bits per heavy atom. The molecule has 2 rings (SSSR count). The highest BCUT2D eigenvalue weighted by Crippen LogP contribution is 2.29. The zero-order valence-corrected chi connectivity index (χ0v) is 16.0. The highest BCUT2D eigenvalue weighted by molar-refractivity contribution is 6.31. The van der Waals surface area contributed by atoms with Gasteiger partial charge in [0.1, 0.15) is 17.2 Å². The van der Waals surface area contributed by atoms with Gasteiger partial charge in [-0.1, -0.05) is 11.6 Å². The summed E-state index contributed by atoms with van der Waals surface area (Å²) in [5, 5.41) is 3.16. The van der Waals surface area contributed by atoms with E-state index in [9.17, 15) is 9.59 Å². The van der Waals surface area contributed by atoms with Crippen LogP contribution in [0.1, 0.15) is 28.9 Å². The monoisotopic (exact) mass is 392 g/mol. The lowest BCUT2D eigenvalue weighted by Gasteiger charge is -2.18. The number of amides is 2. The Kier molecular flexibility index (Phi) is 6.90. The molecule has 0 bridgehead atoms. The van der Waals surface area contributed by atoms with Crippen molar-refractivity contribution in [3.63, 3.8) is 0 Å². The number of hydrogen-bond acceptors (Lipinski definition) is 5. The SMILES string of the molecule is COc1ccc(OC)c([C@@H](C)NC(=O)COc2ccc(Cl)cc2C(N)=O)c1. The van der Waals surface area contributed by atoms with E-state index in [1.807, 2.05) is 6.92 Å². The first-order chi connectivity index (χ1) is 12.8. The van der Waals surface area contributed by atoms with Crippen molar-refractivity contribution in [2.75, 3.05) is 20.8 Å². The van der Waals surface area contributed by atoms with Gasteiger partial charge in [0.25, 0.3) is 11.8 Å². The van der Waals surface area contributed by atoms with E-state index in [1.165, 1.54) is 12.1 Å². The lowest BCUT2D eigenvalue weighted by atomic mass is 10.1. The van der Waals surface area contributed by atoms with Crippen LogP contribution in [0.3, 0.4) is 0 Å². The summed E-state index contributed by atoms with van der Waals surface area (Å²) in [5.74, 6) is 0.391. The molecule has 0 saturated carbocycles. The van der Waals surface area contributed by atoms with Crippen molar-refractivity contribution in [1.29, 1.82) is 0 Å². The van der Waals surface area contributed by atoms with E-state index in [1.54, 1.807) is 38.5 Å². The van der Waals surface area contributed by atoms with Crippen LogP contribution in [-0.4, -0.2) is 32.6 Å². The molecule has 0 heterocycles. The Morgan fingerprint density at radius 2 is 1.81 bits per heavy atom. The largest absolute Gasteiger partial charge is 0.497 e. The number of halogens is 1. The van der Waals surface area contributed by atoms with Crippen LogP contribution in [0.4, 0.5) is 0 Å². The second-order valence-corrected chi connectivity index (χ2v) is 6.13. The first-order valence-electron chi connectivity index (χ1n) is 8.09. The van der Waals surface area contributed by atoms with Crippen LogP contribution < -0.4 is 25.3 Å². The molecule has 0 aliphatic rings. The first-order valence-corrected chi connectivity index (χ1v) is 8.47. The summed E-state index contributed by atoms with van der Waals surface area (Å²) >= 11 is 5.85. The average Bonchev–Trinajstić information content (AvgIpc) is 2.66. The van der Waals surface area contributed by atoms with Crippen molar-refractivity contribution >= 4 is 23.4 Å². The topological polar surface area (TPSA) is 99.9 Å². The molecule has 0 fully saturated rings. The highest BCUT2D eigenvalue weighted by Gasteiger charge is 2.17. The molecule has 2 aromatic carbocycles. The third-order valence-corrected chi connectivity index (χ3v) is 4.08. The van der Waals surface area contributed by atoms with Crippen LogP contribution in [0.5, 0.6) is 17.2 Å². The Hall–Kier alpha value is -2.93. The van der Waals surface area contributed by atoms with Crippen LogP contribution in [-0.2, 0) is 4.79 Å². The van der Waals surface area contributed by atoms with Gasteiger partial charge in [-0.2, -0.15) is 0 Å². The van der Waals surface area contributed by atoms with Crippen LogP contribution in [0, 0.1) is 0 Å². The Balaban J connectivity index is 2.05. The van der Waals surface area contributed by atoms with Crippen molar-refractivity contribution in [2.24, 2.45) is 5.73 Å². The van der Waals surface area contributed by atoms with Crippen LogP contribution >= 0.6 is 11.6 Å². The minimum absolute atomic E-state index is 0.109. The normalized spacial score (nSPS) is 11.4. The molecule has 0 radical (unpaired) electrons. The molecular formula is C19H21ClN2O5. The van der Waals surface area contributed by atoms with Gasteiger partial charge in [0.05, 0.1) is 25.8 Å². The number of ether oxygens (including phenoxy) is 3. The molecule has 27 heavy (non-hydrogen) atoms. The number of carbonyl (C=O) groups excluding carboxylic acids is 2. The molecule has 8 heteroatoms. The molecule has 0 aliphatic heterocycles. The third-order valence-electron chi connectivity index (χ3n) is 3.85. The van der Waals surface area contributed by atoms with E-state index in [-0.39, 0.29) is 29.9 Å². The first kappa shape index (κ1) is 20.4. The van der Waals surface area contributed by atoms with E-state index in [2.05, 4.69) is 5.32 Å². The summed E-state index contributed by atoms with van der Waals surface area (Å²) in [5.41, 5.74) is 6.17. The molecule has 3 N–H and O–H groups in total. The number of hydrogen-bond donors (Lipinski definition) is 2. The van der Waals surface area contributed by atoms with Crippen molar-refractivity contribution < 1.29 is 23.8 Å². The van der Waals surface area contributed by atoms with Crippen molar-refractivity contribution in [3.8, 4) is 17.2 Å². The van der Waals surface area contributed by atoms with Gasteiger partial charge in [-0.3, -0.25) is 9.59 Å². The predicted molar refractivity (Wildman–Crippen MR) is 102 cm³/mol. The van der Waals surface area contributed by atoms with Gasteiger partial charge >= 0.3 is 0 Å². The predicted octanol–water partition coefficient (Wildman–Crippen LogP) is 2.71. The standard InChI is InChI=1S/C19H21ClN2O5/c1-11(14-9-13(25-2)5-7-16(14)26-3)22-18(23)10-27-17-6-4-12(20)8-15(17)19(21)24/h4-9,11H,10H2,1-3H3,(H2,21,24)(H,22,23)/t11-/m1/s1. The lowest BCUT2D eigenvalue weighted by molar-refractivity contribution is -0.123. The van der Waals surface area contributed by atoms with E-state index in [0.717, 1.165) is 5.56 Å². The molecule has 144 valence electrons. The minimum Gasteiger partial charge on any atom is -0.497 e. The molecule has 0 unspecified atom stereocenters. The number of methoxy groups -OCH3 is 2. The Labute approximate surface area is 162 Å². The van der Waals surface area contributed by atoms with Crippen molar-refractivity contribution in [2.45, 2.75) is 13.0 Å². The second-order valence-electron chi connectivity index (χ2n) is 5.69. The molecule has 0 aromatic heterocycles. The summed E-state index contributed by atoms with van der Waals surface area (Å²) in [4.78, 5) is 23.7. The van der Waals surface area contributed by atoms with Crippen LogP contribution in [0.2, 0.25) is 5.02 Å². The molecule has 2 amide bonds. The van der Waals surface area contributed by atoms with Crippen LogP contribution in [0.25, 0.3) is 0 Å². The molecular weight excluding hydrogens is 372 g/mol. The molecule has 7 nitrogen and oxygen atoms in total. The van der Waals surface area contributed by atoms with Gasteiger partial charge in [-0.15, -0.1) is 0 Å². The number of nitrogens with one attached hydrogen (secondary N) is 1. The van der Waals surface area contributed by atoms with E-state index in [0.29, 0.717) is 16.5 Å². The molecule has 0 spiro atoms. The zero-order chi connectivity index (χ0) is 20.0. The number of primary amides is 1. The molecule has 0 aliphatic carbocycles. The average molecular weight is 393 g/mol. The molecule has 0 saturated heterocycles. The second kappa shape index (κ2) is 9.14. The van der Waals surface area contributed by atoms with Gasteiger partial charge in [0.15, 0.2) is 6.61 Å². The van der Waals surface area contributed by atoms with Crippen LogP contribution in [0.15, 0.2) is 36.4 Å². The fourth-order valence-electron chi connectivity index (χ4n) is 2.50. The van der Waals surface area contributed by atoms with Crippen molar-refractivity contribution in [1.82, 2.24) is 5.32 Å². The Morgan fingerprint density at radius 1 is 1.11 bits per heavy atom. The summed E-state index contributed by atoms with van der Waals surface area (Å²) < 4.78 is 16.0. The number of rotatable bonds is 8. The summed E-state index contributed by atoms with van der Waals surface area (Å²) in [6, 6.07) is 9.39. The van der Waals surface area contributed by atoms with E-state index < -0.39 is 5.91 Å². The van der Waals surface area contributed by atoms with Gasteiger partial charge in [0, 0.05) is 10.6 Å².